The Hall–Kier alpha value is -2.64. The number of hydrogen-bond donors (Lipinski definition) is 2. The third-order valence-corrected chi connectivity index (χ3v) is 2.51. The number of rotatable bonds is 5. The molecule has 0 aromatic heterocycles. The highest BCUT2D eigenvalue weighted by molar-refractivity contribution is 6.01. The van der Waals surface area contributed by atoms with Gasteiger partial charge in [0.25, 0.3) is 11.6 Å². The fraction of sp³-hybridized carbons (Fsp3) is 0.273. The van der Waals surface area contributed by atoms with Gasteiger partial charge in [0.1, 0.15) is 12.2 Å². The van der Waals surface area contributed by atoms with Crippen LogP contribution in [-0.4, -0.2) is 39.9 Å². The van der Waals surface area contributed by atoms with Crippen LogP contribution in [0.15, 0.2) is 18.2 Å². The minimum atomic E-state index is -1.17. The van der Waals surface area contributed by atoms with Gasteiger partial charge in [0, 0.05) is 12.6 Å². The smallest absolute Gasteiger partial charge is 0.323 e. The van der Waals surface area contributed by atoms with Crippen LogP contribution in [0.2, 0.25) is 0 Å². The van der Waals surface area contributed by atoms with Gasteiger partial charge in [0.05, 0.1) is 10.5 Å². The van der Waals surface area contributed by atoms with Gasteiger partial charge in [0.2, 0.25) is 0 Å². The van der Waals surface area contributed by atoms with Crippen molar-refractivity contribution in [3.05, 3.63) is 33.9 Å². The van der Waals surface area contributed by atoms with Crippen molar-refractivity contribution in [2.24, 2.45) is 0 Å². The fourth-order valence-electron chi connectivity index (χ4n) is 1.56. The number of nitro groups is 1. The number of carboxylic acids is 1. The number of nitro benzene ring substituents is 1. The van der Waals surface area contributed by atoms with Gasteiger partial charge in [-0.2, -0.15) is 0 Å². The van der Waals surface area contributed by atoms with Crippen LogP contribution in [0.1, 0.15) is 17.3 Å². The SMILES string of the molecule is CCN(CC(=O)O)C(=O)c1cccc([N+](=O)[O-])c1N. The molecule has 102 valence electrons. The van der Waals surface area contributed by atoms with E-state index >= 15 is 0 Å². The quantitative estimate of drug-likeness (QED) is 0.459. The predicted octanol–water partition coefficient (Wildman–Crippen LogP) is 0.724. The summed E-state index contributed by atoms with van der Waals surface area (Å²) in [6.07, 6.45) is 0. The van der Waals surface area contributed by atoms with Crippen LogP contribution in [0.5, 0.6) is 0 Å². The highest BCUT2D eigenvalue weighted by Crippen LogP contribution is 2.25. The van der Waals surface area contributed by atoms with E-state index in [0.29, 0.717) is 0 Å². The average molecular weight is 267 g/mol. The number of anilines is 1. The lowest BCUT2D eigenvalue weighted by molar-refractivity contribution is -0.383. The highest BCUT2D eigenvalue weighted by atomic mass is 16.6. The summed E-state index contributed by atoms with van der Waals surface area (Å²) in [6.45, 7) is 1.28. The topological polar surface area (TPSA) is 127 Å². The molecule has 0 spiro atoms. The van der Waals surface area contributed by atoms with Gasteiger partial charge in [-0.05, 0) is 13.0 Å². The molecule has 3 N–H and O–H groups in total. The lowest BCUT2D eigenvalue weighted by atomic mass is 10.1. The number of amides is 1. The number of benzene rings is 1. The minimum absolute atomic E-state index is 0.0719. The number of carbonyl (C=O) groups is 2. The molecule has 0 heterocycles. The Kier molecular flexibility index (Phi) is 4.41. The molecule has 1 aromatic rings. The van der Waals surface area contributed by atoms with E-state index in [1.54, 1.807) is 6.92 Å². The maximum atomic E-state index is 12.1. The maximum Gasteiger partial charge on any atom is 0.323 e. The first-order valence-electron chi connectivity index (χ1n) is 5.42. The zero-order valence-electron chi connectivity index (χ0n) is 10.2. The molecular weight excluding hydrogens is 254 g/mol. The second-order valence-electron chi connectivity index (χ2n) is 3.71. The fourth-order valence-corrected chi connectivity index (χ4v) is 1.56. The Balaban J connectivity index is 3.15. The molecule has 0 aliphatic carbocycles. The highest BCUT2D eigenvalue weighted by Gasteiger charge is 2.23. The lowest BCUT2D eigenvalue weighted by Gasteiger charge is -2.19. The van der Waals surface area contributed by atoms with Gasteiger partial charge in [0.15, 0.2) is 0 Å². The first-order valence-corrected chi connectivity index (χ1v) is 5.42. The number of para-hydroxylation sites is 1. The van der Waals surface area contributed by atoms with Gasteiger partial charge in [-0.3, -0.25) is 19.7 Å². The number of hydrogen-bond acceptors (Lipinski definition) is 5. The van der Waals surface area contributed by atoms with E-state index in [0.717, 1.165) is 4.90 Å². The van der Waals surface area contributed by atoms with E-state index in [2.05, 4.69) is 0 Å². The molecule has 1 amide bonds. The summed E-state index contributed by atoms with van der Waals surface area (Å²) in [4.78, 5) is 33.8. The predicted molar refractivity (Wildman–Crippen MR) is 66.7 cm³/mol. The first-order chi connectivity index (χ1) is 8.88. The maximum absolute atomic E-state index is 12.1. The van der Waals surface area contributed by atoms with E-state index in [1.807, 2.05) is 0 Å². The summed E-state index contributed by atoms with van der Waals surface area (Å²) < 4.78 is 0. The van der Waals surface area contributed by atoms with Crippen molar-refractivity contribution < 1.29 is 19.6 Å². The van der Waals surface area contributed by atoms with E-state index in [9.17, 15) is 19.7 Å². The number of nitrogen functional groups attached to an aromatic ring is 1. The van der Waals surface area contributed by atoms with Crippen molar-refractivity contribution in [1.29, 1.82) is 0 Å². The molecule has 0 aliphatic rings. The average Bonchev–Trinajstić information content (AvgIpc) is 2.34. The zero-order chi connectivity index (χ0) is 14.6. The molecule has 8 heteroatoms. The van der Waals surface area contributed by atoms with E-state index in [-0.39, 0.29) is 23.5 Å². The molecule has 0 saturated carbocycles. The molecule has 0 unspecified atom stereocenters. The number of carbonyl (C=O) groups excluding carboxylic acids is 1. The molecule has 1 aromatic carbocycles. The second kappa shape index (κ2) is 5.80. The third-order valence-electron chi connectivity index (χ3n) is 2.51. The number of nitrogens with two attached hydrogens (primary N) is 1. The summed E-state index contributed by atoms with van der Waals surface area (Å²) in [5.74, 6) is -1.81. The molecule has 19 heavy (non-hydrogen) atoms. The Morgan fingerprint density at radius 3 is 2.58 bits per heavy atom. The monoisotopic (exact) mass is 267 g/mol. The summed E-state index contributed by atoms with van der Waals surface area (Å²) >= 11 is 0. The van der Waals surface area contributed by atoms with Crippen molar-refractivity contribution in [3.63, 3.8) is 0 Å². The van der Waals surface area contributed by atoms with E-state index in [4.69, 9.17) is 10.8 Å². The summed E-state index contributed by atoms with van der Waals surface area (Å²) in [7, 11) is 0. The van der Waals surface area contributed by atoms with Crippen molar-refractivity contribution in [2.45, 2.75) is 6.92 Å². The van der Waals surface area contributed by atoms with Crippen molar-refractivity contribution in [2.75, 3.05) is 18.8 Å². The largest absolute Gasteiger partial charge is 0.480 e. The van der Waals surface area contributed by atoms with Crippen LogP contribution in [-0.2, 0) is 4.79 Å². The van der Waals surface area contributed by atoms with E-state index in [1.165, 1.54) is 18.2 Å². The van der Waals surface area contributed by atoms with Crippen molar-refractivity contribution in [3.8, 4) is 0 Å². The second-order valence-corrected chi connectivity index (χ2v) is 3.71. The molecule has 0 radical (unpaired) electrons. The van der Waals surface area contributed by atoms with Crippen LogP contribution in [0, 0.1) is 10.1 Å². The minimum Gasteiger partial charge on any atom is -0.480 e. The number of nitrogens with zero attached hydrogens (tertiary/aromatic N) is 2. The Labute approximate surface area is 108 Å². The summed E-state index contributed by atoms with van der Waals surface area (Å²) in [6, 6.07) is 3.84. The number of likely N-dealkylation sites (N-methyl/N-ethyl adjacent to an activating group) is 1. The number of aliphatic carboxylic acids is 1. The standard InChI is InChI=1S/C11H13N3O5/c1-2-13(6-9(15)16)11(17)7-4-3-5-8(10(7)12)14(18)19/h3-5H,2,6,12H2,1H3,(H,15,16). The van der Waals surface area contributed by atoms with Crippen LogP contribution < -0.4 is 5.73 Å². The molecule has 0 aliphatic heterocycles. The zero-order valence-corrected chi connectivity index (χ0v) is 10.2. The summed E-state index contributed by atoms with van der Waals surface area (Å²) in [5.41, 5.74) is 4.86. The molecule has 1 rings (SSSR count). The lowest BCUT2D eigenvalue weighted by Crippen LogP contribution is -2.35. The Bertz CT molecular complexity index is 529. The molecule has 0 bridgehead atoms. The molecule has 0 fully saturated rings. The van der Waals surface area contributed by atoms with E-state index < -0.39 is 23.3 Å². The molecular formula is C11H13N3O5. The third kappa shape index (κ3) is 3.18. The van der Waals surface area contributed by atoms with Gasteiger partial charge in [-0.15, -0.1) is 0 Å². The first kappa shape index (κ1) is 14.4. The van der Waals surface area contributed by atoms with Crippen LogP contribution in [0.4, 0.5) is 11.4 Å². The molecule has 8 nitrogen and oxygen atoms in total. The van der Waals surface area contributed by atoms with Gasteiger partial charge < -0.3 is 15.7 Å². The van der Waals surface area contributed by atoms with Gasteiger partial charge in [-0.1, -0.05) is 6.07 Å². The van der Waals surface area contributed by atoms with Crippen LogP contribution in [0.25, 0.3) is 0 Å². The molecule has 0 atom stereocenters. The van der Waals surface area contributed by atoms with Crippen LogP contribution in [0.3, 0.4) is 0 Å². The molecule has 0 saturated heterocycles. The normalized spacial score (nSPS) is 9.95. The van der Waals surface area contributed by atoms with Crippen LogP contribution >= 0.6 is 0 Å². The van der Waals surface area contributed by atoms with Gasteiger partial charge >= 0.3 is 5.97 Å². The van der Waals surface area contributed by atoms with Crippen molar-refractivity contribution in [1.82, 2.24) is 4.90 Å². The number of carboxylic acid groups (broad SMARTS) is 1. The Morgan fingerprint density at radius 2 is 2.11 bits per heavy atom. The van der Waals surface area contributed by atoms with Gasteiger partial charge in [-0.25, -0.2) is 0 Å². The van der Waals surface area contributed by atoms with Crippen molar-refractivity contribution >= 4 is 23.3 Å². The summed E-state index contributed by atoms with van der Waals surface area (Å²) in [5, 5.41) is 19.4. The Morgan fingerprint density at radius 1 is 1.47 bits per heavy atom.